The first kappa shape index (κ1) is 23.7. The Hall–Kier alpha value is -3.50. The van der Waals surface area contributed by atoms with Crippen LogP contribution in [0.15, 0.2) is 69.7 Å². The molecular weight excluding hydrogens is 456 g/mol. The molecule has 2 aliphatic heterocycles. The molecule has 2 aromatic rings. The number of nitrogens with zero attached hydrogens (tertiary/aromatic N) is 2. The molecule has 0 aliphatic carbocycles. The summed E-state index contributed by atoms with van der Waals surface area (Å²) in [5, 5.41) is 5.83. The van der Waals surface area contributed by atoms with Crippen molar-refractivity contribution >= 4 is 39.1 Å². The highest BCUT2D eigenvalue weighted by atomic mass is 32.2. The van der Waals surface area contributed by atoms with E-state index < -0.39 is 21.9 Å². The van der Waals surface area contributed by atoms with Crippen LogP contribution >= 0.6 is 0 Å². The number of hydrogen-bond donors (Lipinski definition) is 2. The summed E-state index contributed by atoms with van der Waals surface area (Å²) in [6.45, 7) is 4.47. The molecule has 2 aromatic carbocycles. The van der Waals surface area contributed by atoms with Crippen molar-refractivity contribution in [1.29, 1.82) is 0 Å². The molecule has 0 radical (unpaired) electrons. The van der Waals surface area contributed by atoms with Gasteiger partial charge in [0, 0.05) is 24.4 Å². The molecule has 0 saturated carbocycles. The third-order valence-corrected chi connectivity index (χ3v) is 7.48. The normalized spacial score (nSPS) is 16.2. The molecule has 178 valence electrons. The Morgan fingerprint density at radius 1 is 1.12 bits per heavy atom. The van der Waals surface area contributed by atoms with Crippen molar-refractivity contribution in [3.05, 3.63) is 65.4 Å². The number of esters is 1. The van der Waals surface area contributed by atoms with Gasteiger partial charge < -0.3 is 15.4 Å². The maximum atomic E-state index is 13.2. The summed E-state index contributed by atoms with van der Waals surface area (Å²) >= 11 is 0. The van der Waals surface area contributed by atoms with E-state index in [2.05, 4.69) is 15.6 Å². The second-order valence-corrected chi connectivity index (χ2v) is 9.85. The van der Waals surface area contributed by atoms with E-state index in [1.54, 1.807) is 26.0 Å². The SMILES string of the molecule is CCOC(=O)C1=C(C)Nc2ccccc2N=C1NC(=O)c1cccc(S(=O)(=O)N2CCCC2)c1. The van der Waals surface area contributed by atoms with Gasteiger partial charge in [-0.1, -0.05) is 18.2 Å². The number of amidine groups is 1. The Morgan fingerprint density at radius 3 is 2.59 bits per heavy atom. The molecule has 2 aliphatic rings. The van der Waals surface area contributed by atoms with E-state index in [9.17, 15) is 18.0 Å². The molecule has 0 bridgehead atoms. The first-order valence-electron chi connectivity index (χ1n) is 11.1. The highest BCUT2D eigenvalue weighted by molar-refractivity contribution is 7.89. The Bertz CT molecular complexity index is 1290. The maximum Gasteiger partial charge on any atom is 0.343 e. The van der Waals surface area contributed by atoms with E-state index in [0.717, 1.165) is 12.8 Å². The number of hydrogen-bond acceptors (Lipinski definition) is 7. The van der Waals surface area contributed by atoms with E-state index in [1.807, 2.05) is 12.1 Å². The predicted octanol–water partition coefficient (Wildman–Crippen LogP) is 3.19. The third kappa shape index (κ3) is 4.73. The zero-order valence-corrected chi connectivity index (χ0v) is 19.8. The number of aliphatic imine (C=N–C) groups is 1. The van der Waals surface area contributed by atoms with Crippen LogP contribution in [0.3, 0.4) is 0 Å². The fraction of sp³-hybridized carbons (Fsp3) is 0.292. The van der Waals surface area contributed by atoms with Crippen LogP contribution in [0.4, 0.5) is 11.4 Å². The van der Waals surface area contributed by atoms with Gasteiger partial charge in [0.2, 0.25) is 10.0 Å². The summed E-state index contributed by atoms with van der Waals surface area (Å²) in [6.07, 6.45) is 1.63. The molecule has 2 heterocycles. The van der Waals surface area contributed by atoms with Crippen LogP contribution in [0.1, 0.15) is 37.0 Å². The summed E-state index contributed by atoms with van der Waals surface area (Å²) in [4.78, 5) is 30.5. The molecule has 1 amide bonds. The number of rotatable bonds is 5. The molecule has 0 unspecified atom stereocenters. The Kier molecular flexibility index (Phi) is 6.80. The van der Waals surface area contributed by atoms with Crippen molar-refractivity contribution in [3.8, 4) is 0 Å². The second kappa shape index (κ2) is 9.78. The van der Waals surface area contributed by atoms with Gasteiger partial charge in [-0.15, -0.1) is 0 Å². The summed E-state index contributed by atoms with van der Waals surface area (Å²) in [5.41, 5.74) is 1.89. The number of anilines is 1. The number of carbonyl (C=O) groups is 2. The van der Waals surface area contributed by atoms with Gasteiger partial charge in [0.25, 0.3) is 5.91 Å². The monoisotopic (exact) mass is 482 g/mol. The molecule has 2 N–H and O–H groups in total. The number of allylic oxidation sites excluding steroid dienone is 1. The number of para-hydroxylation sites is 2. The fourth-order valence-electron chi connectivity index (χ4n) is 3.89. The molecule has 1 saturated heterocycles. The lowest BCUT2D eigenvalue weighted by Crippen LogP contribution is -2.35. The van der Waals surface area contributed by atoms with Crippen LogP contribution in [0.2, 0.25) is 0 Å². The summed E-state index contributed by atoms with van der Waals surface area (Å²) in [5.74, 6) is -1.21. The molecule has 10 heteroatoms. The van der Waals surface area contributed by atoms with Crippen LogP contribution < -0.4 is 10.6 Å². The quantitative estimate of drug-likeness (QED) is 0.632. The lowest BCUT2D eigenvalue weighted by molar-refractivity contribution is -0.137. The van der Waals surface area contributed by atoms with Gasteiger partial charge in [-0.05, 0) is 57.0 Å². The van der Waals surface area contributed by atoms with Crippen LogP contribution in [0, 0.1) is 0 Å². The summed E-state index contributed by atoms with van der Waals surface area (Å²) < 4.78 is 32.5. The third-order valence-electron chi connectivity index (χ3n) is 5.58. The largest absolute Gasteiger partial charge is 0.462 e. The van der Waals surface area contributed by atoms with Crippen molar-refractivity contribution in [2.45, 2.75) is 31.6 Å². The van der Waals surface area contributed by atoms with Gasteiger partial charge in [0.15, 0.2) is 0 Å². The van der Waals surface area contributed by atoms with Gasteiger partial charge in [-0.25, -0.2) is 18.2 Å². The Labute approximate surface area is 198 Å². The van der Waals surface area contributed by atoms with Gasteiger partial charge in [-0.3, -0.25) is 4.79 Å². The minimum atomic E-state index is -3.68. The number of benzene rings is 2. The van der Waals surface area contributed by atoms with Crippen LogP contribution in [0.5, 0.6) is 0 Å². The number of amides is 1. The van der Waals surface area contributed by atoms with Crippen molar-refractivity contribution in [3.63, 3.8) is 0 Å². The topological polar surface area (TPSA) is 117 Å². The first-order chi connectivity index (χ1) is 16.3. The molecule has 4 rings (SSSR count). The van der Waals surface area contributed by atoms with Gasteiger partial charge in [-0.2, -0.15) is 4.31 Å². The van der Waals surface area contributed by atoms with Crippen molar-refractivity contribution in [1.82, 2.24) is 9.62 Å². The summed E-state index contributed by atoms with van der Waals surface area (Å²) in [6, 6.07) is 13.0. The molecule has 1 fully saturated rings. The van der Waals surface area contributed by atoms with Gasteiger partial charge in [0.1, 0.15) is 11.4 Å². The minimum Gasteiger partial charge on any atom is -0.462 e. The first-order valence-corrected chi connectivity index (χ1v) is 12.5. The fourth-order valence-corrected chi connectivity index (χ4v) is 5.46. The number of ether oxygens (including phenoxy) is 1. The van der Waals surface area contributed by atoms with E-state index in [4.69, 9.17) is 4.74 Å². The van der Waals surface area contributed by atoms with Crippen LogP contribution in [0.25, 0.3) is 0 Å². The van der Waals surface area contributed by atoms with Crippen molar-refractivity contribution < 1.29 is 22.7 Å². The second-order valence-electron chi connectivity index (χ2n) is 7.92. The highest BCUT2D eigenvalue weighted by Gasteiger charge is 2.29. The molecule has 9 nitrogen and oxygen atoms in total. The van der Waals surface area contributed by atoms with E-state index in [-0.39, 0.29) is 28.5 Å². The maximum absolute atomic E-state index is 13.2. The molecular formula is C24H26N4O5S. The number of sulfonamides is 1. The molecule has 0 atom stereocenters. The number of nitrogens with one attached hydrogen (secondary N) is 2. The molecule has 34 heavy (non-hydrogen) atoms. The molecule has 0 aromatic heterocycles. The van der Waals surface area contributed by atoms with E-state index >= 15 is 0 Å². The lowest BCUT2D eigenvalue weighted by atomic mass is 10.1. The number of carbonyl (C=O) groups excluding carboxylic acids is 2. The summed E-state index contributed by atoms with van der Waals surface area (Å²) in [7, 11) is -3.68. The zero-order valence-electron chi connectivity index (χ0n) is 19.0. The van der Waals surface area contributed by atoms with E-state index in [0.29, 0.717) is 30.2 Å². The van der Waals surface area contributed by atoms with Crippen molar-refractivity contribution in [2.24, 2.45) is 4.99 Å². The highest BCUT2D eigenvalue weighted by Crippen LogP contribution is 2.30. The lowest BCUT2D eigenvalue weighted by Gasteiger charge is -2.16. The minimum absolute atomic E-state index is 0.0196. The Balaban J connectivity index is 1.68. The van der Waals surface area contributed by atoms with Crippen molar-refractivity contribution in [2.75, 3.05) is 25.0 Å². The smallest absolute Gasteiger partial charge is 0.343 e. The van der Waals surface area contributed by atoms with Crippen LogP contribution in [-0.2, 0) is 19.6 Å². The standard InChI is InChI=1S/C24H26N4O5S/c1-3-33-24(30)21-16(2)25-19-11-4-5-12-20(19)26-22(21)27-23(29)17-9-8-10-18(15-17)34(31,32)28-13-6-7-14-28/h4-5,8-12,15,25H,3,6-7,13-14H2,1-2H3,(H,26,27,29). The number of fused-ring (bicyclic) bond motifs is 1. The van der Waals surface area contributed by atoms with Gasteiger partial charge >= 0.3 is 5.97 Å². The molecule has 0 spiro atoms. The van der Waals surface area contributed by atoms with Crippen LogP contribution in [-0.4, -0.2) is 50.1 Å². The average molecular weight is 483 g/mol. The predicted molar refractivity (Wildman–Crippen MR) is 128 cm³/mol. The van der Waals surface area contributed by atoms with E-state index in [1.165, 1.54) is 28.6 Å². The average Bonchev–Trinajstić information content (AvgIpc) is 3.32. The zero-order chi connectivity index (χ0) is 24.3. The van der Waals surface area contributed by atoms with Gasteiger partial charge in [0.05, 0.1) is 22.9 Å². The Morgan fingerprint density at radius 2 is 1.85 bits per heavy atom.